The molecule has 3 N–H and O–H groups in total. The number of nitrogens with zero attached hydrogens (tertiary/aromatic N) is 1. The van der Waals surface area contributed by atoms with Crippen LogP contribution >= 0.6 is 11.6 Å². The summed E-state index contributed by atoms with van der Waals surface area (Å²) in [5, 5.41) is 2.65. The van der Waals surface area contributed by atoms with Gasteiger partial charge in [-0.2, -0.15) is 26.3 Å². The van der Waals surface area contributed by atoms with Gasteiger partial charge in [-0.3, -0.25) is 10.6 Å². The lowest BCUT2D eigenvalue weighted by atomic mass is 9.91. The number of nitrogens with one attached hydrogen (secondary N) is 1. The van der Waals surface area contributed by atoms with Gasteiger partial charge in [0.25, 0.3) is 0 Å². The van der Waals surface area contributed by atoms with E-state index in [9.17, 15) is 35.5 Å². The Hall–Kier alpha value is -1.59. The van der Waals surface area contributed by atoms with E-state index in [2.05, 4.69) is 5.32 Å². The van der Waals surface area contributed by atoms with Crippen molar-refractivity contribution in [2.45, 2.75) is 30.7 Å². The quantitative estimate of drug-likeness (QED) is 0.470. The van der Waals surface area contributed by atoms with Gasteiger partial charge in [0, 0.05) is 12.1 Å². The van der Waals surface area contributed by atoms with Gasteiger partial charge >= 0.3 is 18.0 Å². The zero-order valence-electron chi connectivity index (χ0n) is 11.5. The summed E-state index contributed by atoms with van der Waals surface area (Å²) in [6, 6.07) is 0.596. The zero-order chi connectivity index (χ0) is 18.5. The van der Waals surface area contributed by atoms with Gasteiger partial charge in [-0.1, -0.05) is 11.6 Å². The van der Waals surface area contributed by atoms with Crippen LogP contribution in [0.15, 0.2) is 12.1 Å². The third-order valence-corrected chi connectivity index (χ3v) is 3.78. The molecule has 1 aromatic carbocycles. The first-order valence-electron chi connectivity index (χ1n) is 6.21. The fourth-order valence-corrected chi connectivity index (χ4v) is 2.57. The van der Waals surface area contributed by atoms with Crippen LogP contribution in [0.5, 0.6) is 0 Å². The largest absolute Gasteiger partial charge is 0.435 e. The van der Waals surface area contributed by atoms with Crippen LogP contribution in [0.3, 0.4) is 0 Å². The van der Waals surface area contributed by atoms with Gasteiger partial charge in [0.2, 0.25) is 0 Å². The van der Waals surface area contributed by atoms with Crippen molar-refractivity contribution in [3.8, 4) is 0 Å². The normalized spacial score (nSPS) is 19.6. The predicted molar refractivity (Wildman–Crippen MR) is 69.6 cm³/mol. The lowest BCUT2D eigenvalue weighted by Crippen LogP contribution is -2.51. The number of rotatable bonds is 2. The monoisotopic (exact) mass is 379 g/mol. The van der Waals surface area contributed by atoms with Crippen molar-refractivity contribution in [2.24, 2.45) is 5.84 Å². The second-order valence-electron chi connectivity index (χ2n) is 5.04. The highest BCUT2D eigenvalue weighted by molar-refractivity contribution is 6.33. The highest BCUT2D eigenvalue weighted by atomic mass is 35.5. The Morgan fingerprint density at radius 3 is 2.17 bits per heavy atom. The van der Waals surface area contributed by atoms with Crippen LogP contribution in [-0.4, -0.2) is 29.8 Å². The second-order valence-corrected chi connectivity index (χ2v) is 5.45. The molecule has 1 atom stereocenters. The molecule has 0 spiro atoms. The molecule has 4 nitrogen and oxygen atoms in total. The molecule has 0 bridgehead atoms. The molecule has 12 heteroatoms. The highest BCUT2D eigenvalue weighted by Crippen LogP contribution is 2.54. The Morgan fingerprint density at radius 2 is 1.71 bits per heavy atom. The summed E-state index contributed by atoms with van der Waals surface area (Å²) in [4.78, 5) is 10.8. The Labute approximate surface area is 135 Å². The van der Waals surface area contributed by atoms with E-state index in [1.54, 1.807) is 0 Å². The van der Waals surface area contributed by atoms with E-state index >= 15 is 0 Å². The molecule has 2 rings (SSSR count). The Kier molecular flexibility index (Phi) is 4.48. The molecular weight excluding hydrogens is 371 g/mol. The van der Waals surface area contributed by atoms with Crippen molar-refractivity contribution in [3.05, 3.63) is 28.3 Å². The smallest absolute Gasteiger partial charge is 0.361 e. The third kappa shape index (κ3) is 2.80. The highest BCUT2D eigenvalue weighted by Gasteiger charge is 2.73. The van der Waals surface area contributed by atoms with Crippen LogP contribution in [0, 0.1) is 0 Å². The molecule has 1 aromatic rings. The van der Waals surface area contributed by atoms with Crippen LogP contribution in [0.1, 0.15) is 11.1 Å². The van der Waals surface area contributed by atoms with Gasteiger partial charge in [0.1, 0.15) is 6.17 Å². The van der Waals surface area contributed by atoms with E-state index in [0.717, 1.165) is 5.01 Å². The van der Waals surface area contributed by atoms with E-state index in [0.29, 0.717) is 12.4 Å². The second kappa shape index (κ2) is 5.74. The average molecular weight is 380 g/mol. The lowest BCUT2D eigenvalue weighted by Gasteiger charge is -2.35. The van der Waals surface area contributed by atoms with Crippen LogP contribution in [0.4, 0.5) is 36.4 Å². The van der Waals surface area contributed by atoms with Gasteiger partial charge < -0.3 is 5.32 Å². The molecule has 0 aromatic heterocycles. The minimum Gasteiger partial charge on any atom is -0.361 e. The van der Waals surface area contributed by atoms with E-state index in [4.69, 9.17) is 17.4 Å². The number of carbonyl (C=O) groups excluding carboxylic acids is 1. The third-order valence-electron chi connectivity index (χ3n) is 3.48. The van der Waals surface area contributed by atoms with Crippen molar-refractivity contribution in [2.75, 3.05) is 5.32 Å². The Morgan fingerprint density at radius 1 is 1.17 bits per heavy atom. The molecule has 1 unspecified atom stereocenters. The first-order chi connectivity index (χ1) is 10.8. The van der Waals surface area contributed by atoms with Gasteiger partial charge in [-0.25, -0.2) is 9.40 Å². The first-order valence-corrected chi connectivity index (χ1v) is 6.59. The summed E-state index contributed by atoms with van der Waals surface area (Å²) in [6.45, 7) is -0.412. The van der Waals surface area contributed by atoms with Crippen LogP contribution < -0.4 is 11.2 Å². The van der Waals surface area contributed by atoms with Crippen LogP contribution in [0.2, 0.25) is 5.02 Å². The van der Waals surface area contributed by atoms with Crippen LogP contribution in [-0.2, 0) is 17.0 Å². The molecule has 0 amide bonds. The SMILES string of the molecule is NN1Cc2cc(C(F)(C(F)(F)F)C(F)(F)F)cc(Cl)c2NC1C=O. The molecule has 1 aliphatic rings. The topological polar surface area (TPSA) is 58.4 Å². The van der Waals surface area contributed by atoms with E-state index in [1.165, 1.54) is 0 Å². The molecule has 0 fully saturated rings. The Balaban J connectivity index is 2.64. The summed E-state index contributed by atoms with van der Waals surface area (Å²) in [6.07, 6.45) is -13.2. The number of nitrogens with two attached hydrogens (primary N) is 1. The number of halogens is 8. The zero-order valence-corrected chi connectivity index (χ0v) is 12.2. The Bertz CT molecular complexity index is 647. The molecule has 0 saturated carbocycles. The fourth-order valence-electron chi connectivity index (χ4n) is 2.27. The first kappa shape index (κ1) is 18.7. The van der Waals surface area contributed by atoms with Crippen molar-refractivity contribution >= 4 is 23.6 Å². The van der Waals surface area contributed by atoms with Crippen molar-refractivity contribution in [1.82, 2.24) is 5.01 Å². The summed E-state index contributed by atoms with van der Waals surface area (Å²) in [5.41, 5.74) is -7.62. The predicted octanol–water partition coefficient (Wildman–Crippen LogP) is 3.26. The fraction of sp³-hybridized carbons (Fsp3) is 0.417. The van der Waals surface area contributed by atoms with Crippen molar-refractivity contribution in [1.29, 1.82) is 0 Å². The molecule has 24 heavy (non-hydrogen) atoms. The number of hydrazine groups is 1. The number of fused-ring (bicyclic) bond motifs is 1. The maximum atomic E-state index is 14.1. The van der Waals surface area contributed by atoms with Gasteiger partial charge in [-0.15, -0.1) is 0 Å². The summed E-state index contributed by atoms with van der Waals surface area (Å²) in [7, 11) is 0. The number of hydrogen-bond acceptors (Lipinski definition) is 4. The van der Waals surface area contributed by atoms with E-state index in [1.807, 2.05) is 0 Å². The molecule has 1 heterocycles. The summed E-state index contributed by atoms with van der Waals surface area (Å²) < 4.78 is 90.9. The maximum Gasteiger partial charge on any atom is 0.435 e. The summed E-state index contributed by atoms with van der Waals surface area (Å²) >= 11 is 5.68. The van der Waals surface area contributed by atoms with Crippen molar-refractivity contribution in [3.63, 3.8) is 0 Å². The van der Waals surface area contributed by atoms with Crippen LogP contribution in [0.25, 0.3) is 0 Å². The maximum absolute atomic E-state index is 14.1. The summed E-state index contributed by atoms with van der Waals surface area (Å²) in [5.74, 6) is 5.44. The molecular formula is C12H9ClF7N3O. The number of anilines is 1. The number of hydrogen-bond donors (Lipinski definition) is 2. The number of alkyl halides is 7. The number of aldehydes is 1. The lowest BCUT2D eigenvalue weighted by molar-refractivity contribution is -0.348. The van der Waals surface area contributed by atoms with Gasteiger partial charge in [0.05, 0.1) is 10.7 Å². The minimum atomic E-state index is -6.25. The van der Waals surface area contributed by atoms with Gasteiger partial charge in [-0.05, 0) is 17.7 Å². The molecule has 1 aliphatic heterocycles. The average Bonchev–Trinajstić information content (AvgIpc) is 2.43. The molecule has 0 saturated heterocycles. The van der Waals surface area contributed by atoms with E-state index in [-0.39, 0.29) is 17.3 Å². The van der Waals surface area contributed by atoms with Crippen molar-refractivity contribution < 1.29 is 35.5 Å². The standard InChI is InChI=1S/C12H9ClF7N3O/c13-7-2-6(10(14,11(15,16)17)12(18,19)20)1-5-3-23(21)8(4-24)22-9(5)7/h1-2,4,8,22H,3,21H2. The van der Waals surface area contributed by atoms with E-state index < -0.39 is 41.3 Å². The van der Waals surface area contributed by atoms with Gasteiger partial charge in [0.15, 0.2) is 6.29 Å². The molecule has 134 valence electrons. The molecule has 0 aliphatic carbocycles. The molecule has 0 radical (unpaired) electrons. The number of benzene rings is 1. The minimum absolute atomic E-state index is 0.0917. The number of carbonyl (C=O) groups is 1.